The standard InChI is InChI=1S/C43H40N2O5/c1-43(2,3)50-42(49)45-26-37(30-11-6-4-7-12-30)38(27-45)39(46)23-28-21-34(24-35(22-28)41(48)31-13-8-5-9-14-31)29-17-19-32(20-18-29)40(47)33-15-10-16-36(44)25-33/h4-22,24-25,37-38H,23,26-27,44H2,1-3H3/t37-,38+/m0/s1. The Hall–Kier alpha value is -5.82. The number of Topliss-reactive ketones (excluding diaryl/α,β-unsaturated/α-hetero) is 1. The van der Waals surface area contributed by atoms with E-state index in [4.69, 9.17) is 10.5 Å². The van der Waals surface area contributed by atoms with Crippen LogP contribution in [0.4, 0.5) is 10.5 Å². The fourth-order valence-electron chi connectivity index (χ4n) is 6.48. The van der Waals surface area contributed by atoms with E-state index in [0.717, 1.165) is 16.7 Å². The van der Waals surface area contributed by atoms with Gasteiger partial charge in [0, 0.05) is 59.3 Å². The molecule has 2 N–H and O–H groups in total. The van der Waals surface area contributed by atoms with Crippen LogP contribution in [0.5, 0.6) is 0 Å². The molecule has 0 unspecified atom stereocenters. The lowest BCUT2D eigenvalue weighted by Gasteiger charge is -2.24. The molecule has 6 rings (SSSR count). The predicted molar refractivity (Wildman–Crippen MR) is 195 cm³/mol. The van der Waals surface area contributed by atoms with Crippen LogP contribution in [0.2, 0.25) is 0 Å². The highest BCUT2D eigenvalue weighted by molar-refractivity contribution is 6.10. The van der Waals surface area contributed by atoms with Crippen molar-refractivity contribution in [1.82, 2.24) is 4.90 Å². The zero-order valence-corrected chi connectivity index (χ0v) is 28.5. The Kier molecular flexibility index (Phi) is 9.77. The van der Waals surface area contributed by atoms with Crippen LogP contribution in [0.15, 0.2) is 127 Å². The van der Waals surface area contributed by atoms with E-state index in [1.165, 1.54) is 0 Å². The van der Waals surface area contributed by atoms with Gasteiger partial charge in [0.15, 0.2) is 11.6 Å². The van der Waals surface area contributed by atoms with Gasteiger partial charge in [0.05, 0.1) is 0 Å². The molecule has 1 saturated heterocycles. The number of carbonyl (C=O) groups is 4. The summed E-state index contributed by atoms with van der Waals surface area (Å²) in [6, 6.07) is 38.4. The maximum Gasteiger partial charge on any atom is 0.410 e. The van der Waals surface area contributed by atoms with Gasteiger partial charge >= 0.3 is 6.09 Å². The van der Waals surface area contributed by atoms with Crippen molar-refractivity contribution < 1.29 is 23.9 Å². The van der Waals surface area contributed by atoms with Gasteiger partial charge in [-0.15, -0.1) is 0 Å². The van der Waals surface area contributed by atoms with E-state index in [1.807, 2.05) is 93.6 Å². The van der Waals surface area contributed by atoms with Crippen molar-refractivity contribution >= 4 is 29.1 Å². The van der Waals surface area contributed by atoms with Crippen molar-refractivity contribution in [3.8, 4) is 11.1 Å². The number of nitrogen functional groups attached to an aromatic ring is 1. The first-order valence-corrected chi connectivity index (χ1v) is 16.7. The summed E-state index contributed by atoms with van der Waals surface area (Å²) in [5, 5.41) is 0. The number of ether oxygens (including phenoxy) is 1. The number of rotatable bonds is 9. The van der Waals surface area contributed by atoms with Gasteiger partial charge in [0.1, 0.15) is 11.4 Å². The van der Waals surface area contributed by atoms with E-state index in [-0.39, 0.29) is 36.2 Å². The maximum atomic E-state index is 14.2. The molecule has 0 radical (unpaired) electrons. The molecule has 0 aromatic heterocycles. The zero-order chi connectivity index (χ0) is 35.4. The number of hydrogen-bond donors (Lipinski definition) is 1. The van der Waals surface area contributed by atoms with Crippen molar-refractivity contribution in [1.29, 1.82) is 0 Å². The first-order chi connectivity index (χ1) is 23.9. The first-order valence-electron chi connectivity index (χ1n) is 16.7. The molecular formula is C43H40N2O5. The Bertz CT molecular complexity index is 2030. The average molecular weight is 665 g/mol. The van der Waals surface area contributed by atoms with Gasteiger partial charge < -0.3 is 15.4 Å². The van der Waals surface area contributed by atoms with Gasteiger partial charge in [0.25, 0.3) is 0 Å². The summed E-state index contributed by atoms with van der Waals surface area (Å²) in [6.07, 6.45) is -0.366. The number of likely N-dealkylation sites (tertiary alicyclic amines) is 1. The highest BCUT2D eigenvalue weighted by atomic mass is 16.6. The monoisotopic (exact) mass is 664 g/mol. The first kappa shape index (κ1) is 34.1. The Labute approximate surface area is 292 Å². The molecule has 5 aromatic carbocycles. The van der Waals surface area contributed by atoms with Crippen LogP contribution in [-0.4, -0.2) is 47.0 Å². The minimum Gasteiger partial charge on any atom is -0.444 e. The van der Waals surface area contributed by atoms with Gasteiger partial charge in [-0.05, 0) is 67.3 Å². The maximum absolute atomic E-state index is 14.2. The van der Waals surface area contributed by atoms with Crippen LogP contribution in [0.3, 0.4) is 0 Å². The summed E-state index contributed by atoms with van der Waals surface area (Å²) in [4.78, 5) is 55.8. The Morgan fingerprint density at radius 1 is 0.660 bits per heavy atom. The molecule has 1 amide bonds. The predicted octanol–water partition coefficient (Wildman–Crippen LogP) is 8.16. The molecule has 0 spiro atoms. The van der Waals surface area contributed by atoms with Crippen LogP contribution in [0.25, 0.3) is 11.1 Å². The summed E-state index contributed by atoms with van der Waals surface area (Å²) >= 11 is 0. The molecule has 0 saturated carbocycles. The number of amides is 1. The molecule has 50 heavy (non-hydrogen) atoms. The van der Waals surface area contributed by atoms with E-state index in [2.05, 4.69) is 0 Å². The lowest BCUT2D eigenvalue weighted by molar-refractivity contribution is -0.122. The highest BCUT2D eigenvalue weighted by Gasteiger charge is 2.41. The molecule has 1 heterocycles. The van der Waals surface area contributed by atoms with Crippen molar-refractivity contribution in [2.75, 3.05) is 18.8 Å². The van der Waals surface area contributed by atoms with Crippen LogP contribution in [0.1, 0.15) is 69.7 Å². The molecule has 0 bridgehead atoms. The second-order valence-electron chi connectivity index (χ2n) is 13.8. The van der Waals surface area contributed by atoms with E-state index in [0.29, 0.717) is 40.0 Å². The average Bonchev–Trinajstić information content (AvgIpc) is 3.57. The highest BCUT2D eigenvalue weighted by Crippen LogP contribution is 2.35. The molecule has 5 aromatic rings. The minimum atomic E-state index is -0.662. The van der Waals surface area contributed by atoms with Crippen LogP contribution < -0.4 is 5.73 Å². The lowest BCUT2D eigenvalue weighted by atomic mass is 9.83. The van der Waals surface area contributed by atoms with E-state index in [1.54, 1.807) is 59.5 Å². The fourth-order valence-corrected chi connectivity index (χ4v) is 6.48. The summed E-state index contributed by atoms with van der Waals surface area (Å²) in [6.45, 7) is 6.08. The van der Waals surface area contributed by atoms with Crippen molar-refractivity contribution in [2.45, 2.75) is 38.7 Å². The third-order valence-electron chi connectivity index (χ3n) is 8.91. The Balaban J connectivity index is 1.32. The summed E-state index contributed by atoms with van der Waals surface area (Å²) in [5.41, 5.74) is 11.0. The number of ketones is 3. The molecule has 252 valence electrons. The molecular weight excluding hydrogens is 624 g/mol. The summed E-state index contributed by atoms with van der Waals surface area (Å²) in [7, 11) is 0. The third kappa shape index (κ3) is 7.90. The van der Waals surface area contributed by atoms with Crippen LogP contribution in [-0.2, 0) is 16.0 Å². The second kappa shape index (κ2) is 14.3. The van der Waals surface area contributed by atoms with Crippen molar-refractivity contribution in [3.05, 3.63) is 161 Å². The van der Waals surface area contributed by atoms with Crippen LogP contribution in [0, 0.1) is 5.92 Å². The van der Waals surface area contributed by atoms with Gasteiger partial charge in [0.2, 0.25) is 0 Å². The quantitative estimate of drug-likeness (QED) is 0.126. The number of anilines is 1. The summed E-state index contributed by atoms with van der Waals surface area (Å²) in [5.74, 6) is -0.987. The lowest BCUT2D eigenvalue weighted by Crippen LogP contribution is -2.36. The number of benzene rings is 5. The van der Waals surface area contributed by atoms with Gasteiger partial charge in [-0.3, -0.25) is 14.4 Å². The smallest absolute Gasteiger partial charge is 0.410 e. The molecule has 2 atom stereocenters. The van der Waals surface area contributed by atoms with Crippen molar-refractivity contribution in [2.24, 2.45) is 5.92 Å². The molecule has 0 aliphatic carbocycles. The Morgan fingerprint density at radius 3 is 1.94 bits per heavy atom. The number of hydrogen-bond acceptors (Lipinski definition) is 6. The van der Waals surface area contributed by atoms with Gasteiger partial charge in [-0.2, -0.15) is 0 Å². The summed E-state index contributed by atoms with van der Waals surface area (Å²) < 4.78 is 5.67. The van der Waals surface area contributed by atoms with Crippen LogP contribution >= 0.6 is 0 Å². The number of nitrogens with two attached hydrogens (primary N) is 1. The topological polar surface area (TPSA) is 107 Å². The SMILES string of the molecule is CC(C)(C)OC(=O)N1C[C@@H](C(=O)Cc2cc(C(=O)c3ccccc3)cc(-c3ccc(C(=O)c4cccc(N)c4)cc3)c2)[C@H](c2ccccc2)C1. The molecule has 1 fully saturated rings. The van der Waals surface area contributed by atoms with E-state index in [9.17, 15) is 19.2 Å². The molecule has 1 aliphatic rings. The number of carbonyl (C=O) groups excluding carboxylic acids is 4. The fraction of sp³-hybridized carbons (Fsp3) is 0.209. The largest absolute Gasteiger partial charge is 0.444 e. The van der Waals surface area contributed by atoms with Crippen molar-refractivity contribution in [3.63, 3.8) is 0 Å². The molecule has 7 nitrogen and oxygen atoms in total. The van der Waals surface area contributed by atoms with E-state index >= 15 is 0 Å². The minimum absolute atomic E-state index is 0.0248. The second-order valence-corrected chi connectivity index (χ2v) is 13.8. The molecule has 1 aliphatic heterocycles. The zero-order valence-electron chi connectivity index (χ0n) is 28.5. The number of nitrogens with zero attached hydrogens (tertiary/aromatic N) is 1. The van der Waals surface area contributed by atoms with Gasteiger partial charge in [-0.1, -0.05) is 103 Å². The molecule has 7 heteroatoms. The van der Waals surface area contributed by atoms with E-state index < -0.39 is 17.6 Å². The van der Waals surface area contributed by atoms with Gasteiger partial charge in [-0.25, -0.2) is 4.79 Å². The Morgan fingerprint density at radius 2 is 1.28 bits per heavy atom. The normalized spacial score (nSPS) is 15.8. The third-order valence-corrected chi connectivity index (χ3v) is 8.91.